The summed E-state index contributed by atoms with van der Waals surface area (Å²) in [6, 6.07) is 12.7. The summed E-state index contributed by atoms with van der Waals surface area (Å²) in [6.45, 7) is 0. The van der Waals surface area contributed by atoms with Crippen LogP contribution in [0.3, 0.4) is 0 Å². The van der Waals surface area contributed by atoms with Gasteiger partial charge in [0, 0.05) is 5.56 Å². The van der Waals surface area contributed by atoms with Gasteiger partial charge in [-0.25, -0.2) is 0 Å². The molecule has 0 aromatic heterocycles. The minimum Gasteiger partial charge on any atom is -0.366 e. The highest BCUT2D eigenvalue weighted by molar-refractivity contribution is 6.42. The Bertz CT molecular complexity index is 596. The molecule has 0 radical (unpaired) electrons. The summed E-state index contributed by atoms with van der Waals surface area (Å²) < 4.78 is 0. The molecule has 0 atom stereocenters. The minimum absolute atomic E-state index is 0.425. The molecule has 0 bridgehead atoms. The van der Waals surface area contributed by atoms with E-state index in [9.17, 15) is 4.79 Å². The van der Waals surface area contributed by atoms with Crippen molar-refractivity contribution in [2.75, 3.05) is 0 Å². The molecule has 4 heteroatoms. The van der Waals surface area contributed by atoms with Crippen molar-refractivity contribution in [2.45, 2.75) is 6.42 Å². The molecule has 0 aliphatic carbocycles. The summed E-state index contributed by atoms with van der Waals surface area (Å²) in [7, 11) is 0. The van der Waals surface area contributed by atoms with Crippen molar-refractivity contribution < 1.29 is 4.79 Å². The summed E-state index contributed by atoms with van der Waals surface area (Å²) in [5.74, 6) is -0.425. The zero-order chi connectivity index (χ0) is 13.1. The van der Waals surface area contributed by atoms with Crippen molar-refractivity contribution >= 4 is 29.1 Å². The van der Waals surface area contributed by atoms with Crippen molar-refractivity contribution in [1.29, 1.82) is 0 Å². The van der Waals surface area contributed by atoms with E-state index in [-0.39, 0.29) is 0 Å². The molecule has 2 rings (SSSR count). The van der Waals surface area contributed by atoms with Gasteiger partial charge in [0.25, 0.3) is 0 Å². The summed E-state index contributed by atoms with van der Waals surface area (Å²) in [6.07, 6.45) is 0.593. The van der Waals surface area contributed by atoms with Gasteiger partial charge in [0.2, 0.25) is 5.91 Å². The highest BCUT2D eigenvalue weighted by Gasteiger charge is 2.08. The quantitative estimate of drug-likeness (QED) is 0.915. The number of benzene rings is 2. The van der Waals surface area contributed by atoms with Gasteiger partial charge in [-0.3, -0.25) is 4.79 Å². The van der Waals surface area contributed by atoms with Crippen LogP contribution in [0.2, 0.25) is 10.0 Å². The molecule has 0 fully saturated rings. The molecule has 0 saturated heterocycles. The first kappa shape index (κ1) is 12.9. The average Bonchev–Trinajstić information content (AvgIpc) is 2.34. The summed E-state index contributed by atoms with van der Waals surface area (Å²) >= 11 is 11.8. The Labute approximate surface area is 115 Å². The van der Waals surface area contributed by atoms with Crippen molar-refractivity contribution in [1.82, 2.24) is 0 Å². The first-order valence-corrected chi connectivity index (χ1v) is 6.15. The maximum atomic E-state index is 11.3. The van der Waals surface area contributed by atoms with E-state index in [0.29, 0.717) is 22.0 Å². The van der Waals surface area contributed by atoms with Crippen LogP contribution < -0.4 is 5.73 Å². The van der Waals surface area contributed by atoms with Crippen LogP contribution in [0.15, 0.2) is 42.5 Å². The van der Waals surface area contributed by atoms with Gasteiger partial charge in [0.1, 0.15) is 0 Å². The lowest BCUT2D eigenvalue weighted by atomic mass is 9.99. The summed E-state index contributed by atoms with van der Waals surface area (Å²) in [5, 5.41) is 1.02. The lowest BCUT2D eigenvalue weighted by molar-refractivity contribution is 0.0999. The van der Waals surface area contributed by atoms with Crippen LogP contribution in [0.5, 0.6) is 0 Å². The maximum absolute atomic E-state index is 11.3. The number of carbonyl (C=O) groups is 1. The first-order valence-electron chi connectivity index (χ1n) is 5.39. The molecule has 0 spiro atoms. The average molecular weight is 280 g/mol. The molecule has 1 amide bonds. The molecule has 2 aromatic carbocycles. The summed E-state index contributed by atoms with van der Waals surface area (Å²) in [4.78, 5) is 11.3. The third-order valence-corrected chi connectivity index (χ3v) is 3.40. The Balaban J connectivity index is 2.34. The topological polar surface area (TPSA) is 43.1 Å². The third-order valence-electron chi connectivity index (χ3n) is 2.66. The minimum atomic E-state index is -0.425. The molecule has 18 heavy (non-hydrogen) atoms. The van der Waals surface area contributed by atoms with Gasteiger partial charge >= 0.3 is 0 Å². The molecule has 2 aromatic rings. The molecular formula is C14H11Cl2NO. The van der Waals surface area contributed by atoms with Gasteiger partial charge in [0.15, 0.2) is 0 Å². The highest BCUT2D eigenvalue weighted by atomic mass is 35.5. The fourth-order valence-corrected chi connectivity index (χ4v) is 2.11. The standard InChI is InChI=1S/C14H11Cl2NO/c15-12-6-5-9(8-13(12)16)7-10-3-1-2-4-11(10)14(17)18/h1-6,8H,7H2,(H2,17,18). The van der Waals surface area contributed by atoms with Gasteiger partial charge in [-0.1, -0.05) is 47.5 Å². The normalized spacial score (nSPS) is 10.3. The molecule has 0 unspecified atom stereocenters. The molecular weight excluding hydrogens is 269 g/mol. The second kappa shape index (κ2) is 5.42. The number of nitrogens with two attached hydrogens (primary N) is 1. The van der Waals surface area contributed by atoms with E-state index >= 15 is 0 Å². The Hall–Kier alpha value is -1.51. The van der Waals surface area contributed by atoms with E-state index < -0.39 is 5.91 Å². The van der Waals surface area contributed by atoms with Crippen LogP contribution >= 0.6 is 23.2 Å². The fraction of sp³-hybridized carbons (Fsp3) is 0.0714. The van der Waals surface area contributed by atoms with Crippen LogP contribution in [0.1, 0.15) is 21.5 Å². The molecule has 0 heterocycles. The Morgan fingerprint density at radius 3 is 2.44 bits per heavy atom. The van der Waals surface area contributed by atoms with Crippen LogP contribution in [0, 0.1) is 0 Å². The van der Waals surface area contributed by atoms with Gasteiger partial charge in [-0.2, -0.15) is 0 Å². The molecule has 0 aliphatic rings. The third kappa shape index (κ3) is 2.84. The molecule has 2 N–H and O–H groups in total. The highest BCUT2D eigenvalue weighted by Crippen LogP contribution is 2.24. The monoisotopic (exact) mass is 279 g/mol. The van der Waals surface area contributed by atoms with Crippen molar-refractivity contribution in [2.24, 2.45) is 5.73 Å². The second-order valence-electron chi connectivity index (χ2n) is 3.95. The second-order valence-corrected chi connectivity index (χ2v) is 4.76. The number of primary amides is 1. The van der Waals surface area contributed by atoms with Gasteiger partial charge in [-0.15, -0.1) is 0 Å². The maximum Gasteiger partial charge on any atom is 0.248 e. The van der Waals surface area contributed by atoms with Gasteiger partial charge in [-0.05, 0) is 35.7 Å². The first-order chi connectivity index (χ1) is 8.58. The smallest absolute Gasteiger partial charge is 0.248 e. The number of rotatable bonds is 3. The fourth-order valence-electron chi connectivity index (χ4n) is 1.78. The van der Waals surface area contributed by atoms with E-state index in [1.165, 1.54) is 0 Å². The zero-order valence-electron chi connectivity index (χ0n) is 9.49. The van der Waals surface area contributed by atoms with E-state index in [1.54, 1.807) is 24.3 Å². The Morgan fingerprint density at radius 2 is 1.78 bits per heavy atom. The van der Waals surface area contributed by atoms with Gasteiger partial charge in [0.05, 0.1) is 10.0 Å². The number of halogens is 2. The van der Waals surface area contributed by atoms with E-state index in [2.05, 4.69) is 0 Å². The predicted octanol–water partition coefficient (Wildman–Crippen LogP) is 3.68. The van der Waals surface area contributed by atoms with Crippen molar-refractivity contribution in [3.05, 3.63) is 69.2 Å². The largest absolute Gasteiger partial charge is 0.366 e. The van der Waals surface area contributed by atoms with Crippen molar-refractivity contribution in [3.63, 3.8) is 0 Å². The van der Waals surface area contributed by atoms with E-state index in [4.69, 9.17) is 28.9 Å². The number of amides is 1. The van der Waals surface area contributed by atoms with Crippen LogP contribution in [0.4, 0.5) is 0 Å². The van der Waals surface area contributed by atoms with Crippen LogP contribution in [0.25, 0.3) is 0 Å². The Kier molecular flexibility index (Phi) is 3.90. The number of hydrogen-bond donors (Lipinski definition) is 1. The van der Waals surface area contributed by atoms with E-state index in [1.807, 2.05) is 18.2 Å². The molecule has 92 valence electrons. The molecule has 2 nitrogen and oxygen atoms in total. The molecule has 0 aliphatic heterocycles. The number of hydrogen-bond acceptors (Lipinski definition) is 1. The SMILES string of the molecule is NC(=O)c1ccccc1Cc1ccc(Cl)c(Cl)c1. The lowest BCUT2D eigenvalue weighted by Gasteiger charge is -2.07. The van der Waals surface area contributed by atoms with Crippen molar-refractivity contribution in [3.8, 4) is 0 Å². The molecule has 0 saturated carbocycles. The van der Waals surface area contributed by atoms with Crippen LogP contribution in [-0.2, 0) is 6.42 Å². The summed E-state index contributed by atoms with van der Waals surface area (Å²) in [5.41, 5.74) is 7.73. The van der Waals surface area contributed by atoms with E-state index in [0.717, 1.165) is 11.1 Å². The van der Waals surface area contributed by atoms with Crippen LogP contribution in [-0.4, -0.2) is 5.91 Å². The zero-order valence-corrected chi connectivity index (χ0v) is 11.0. The number of carbonyl (C=O) groups excluding carboxylic acids is 1. The lowest BCUT2D eigenvalue weighted by Crippen LogP contribution is -2.13. The predicted molar refractivity (Wildman–Crippen MR) is 74.2 cm³/mol. The van der Waals surface area contributed by atoms with Gasteiger partial charge < -0.3 is 5.73 Å². The Morgan fingerprint density at radius 1 is 1.06 bits per heavy atom.